The number of aryl methyl sites for hydroxylation is 1. The Balaban J connectivity index is 1.42. The molecule has 7 rings (SSSR count). The van der Waals surface area contributed by atoms with Crippen LogP contribution in [0.4, 0.5) is 0 Å². The van der Waals surface area contributed by atoms with Crippen LogP contribution in [-0.4, -0.2) is 22.7 Å². The monoisotopic (exact) mass is 439 g/mol. The van der Waals surface area contributed by atoms with E-state index in [0.29, 0.717) is 11.8 Å². The molecule has 4 fully saturated rings. The number of hydrogen-bond donors (Lipinski definition) is 0. The first-order valence-corrected chi connectivity index (χ1v) is 12.2. The van der Waals surface area contributed by atoms with Crippen LogP contribution in [0.5, 0.6) is 0 Å². The Labute approximate surface area is 187 Å². The summed E-state index contributed by atoms with van der Waals surface area (Å²) in [6, 6.07) is 8.49. The highest BCUT2D eigenvalue weighted by molar-refractivity contribution is 7.11. The Morgan fingerprint density at radius 1 is 1.06 bits per heavy atom. The Bertz CT molecular complexity index is 1050. The fraction of sp³-hybridized carbons (Fsp3) is 0.560. The quantitative estimate of drug-likeness (QED) is 0.530. The molecule has 0 amide bonds. The highest BCUT2D eigenvalue weighted by Crippen LogP contribution is 2.61. The zero-order chi connectivity index (χ0) is 21.4. The van der Waals surface area contributed by atoms with Gasteiger partial charge in [-0.3, -0.25) is 0 Å². The second-order valence-electron chi connectivity index (χ2n) is 9.89. The van der Waals surface area contributed by atoms with Crippen molar-refractivity contribution in [2.45, 2.75) is 71.1 Å². The molecule has 1 spiro atoms. The molecular weight excluding hydrogens is 410 g/mol. The van der Waals surface area contributed by atoms with Crippen LogP contribution in [0.2, 0.25) is 0 Å². The third-order valence-electron chi connectivity index (χ3n) is 7.87. The highest BCUT2D eigenvalue weighted by atomic mass is 32.1. The zero-order valence-electron chi connectivity index (χ0n) is 18.5. The zero-order valence-corrected chi connectivity index (χ0v) is 19.3. The molecule has 0 radical (unpaired) electrons. The number of thiazole rings is 1. The number of ether oxygens (including phenoxy) is 2. The average molecular weight is 440 g/mol. The van der Waals surface area contributed by atoms with Crippen molar-refractivity contribution in [2.24, 2.45) is 17.8 Å². The molecule has 6 heteroatoms. The molecule has 164 valence electrons. The molecule has 1 aromatic carbocycles. The van der Waals surface area contributed by atoms with Gasteiger partial charge in [0.2, 0.25) is 12.1 Å². The van der Waals surface area contributed by atoms with Crippen molar-refractivity contribution in [1.82, 2.24) is 4.98 Å². The maximum atomic E-state index is 6.61. The third kappa shape index (κ3) is 2.88. The van der Waals surface area contributed by atoms with Gasteiger partial charge in [-0.25, -0.2) is 14.8 Å². The van der Waals surface area contributed by atoms with Crippen molar-refractivity contribution in [1.29, 1.82) is 0 Å². The van der Waals surface area contributed by atoms with Crippen LogP contribution < -0.4 is 0 Å². The largest absolute Gasteiger partial charge is 0.458 e. The number of hydrogen-bond acceptors (Lipinski definition) is 6. The van der Waals surface area contributed by atoms with E-state index in [2.05, 4.69) is 50.4 Å². The molecule has 4 aliphatic heterocycles. The van der Waals surface area contributed by atoms with Gasteiger partial charge in [0.1, 0.15) is 0 Å². The van der Waals surface area contributed by atoms with Crippen molar-refractivity contribution in [3.63, 3.8) is 0 Å². The molecule has 5 nitrogen and oxygen atoms in total. The van der Waals surface area contributed by atoms with Gasteiger partial charge in [0.25, 0.3) is 0 Å². The first-order valence-electron chi connectivity index (χ1n) is 11.3. The summed E-state index contributed by atoms with van der Waals surface area (Å²) in [4.78, 5) is 17.1. The summed E-state index contributed by atoms with van der Waals surface area (Å²) in [6.45, 7) is 8.57. The number of rotatable bonds is 2. The number of nitrogens with zero attached hydrogens (tertiary/aromatic N) is 1. The molecule has 31 heavy (non-hydrogen) atoms. The van der Waals surface area contributed by atoms with Gasteiger partial charge in [-0.05, 0) is 51.5 Å². The van der Waals surface area contributed by atoms with E-state index in [1.165, 1.54) is 17.6 Å². The first-order chi connectivity index (χ1) is 14.9. The van der Waals surface area contributed by atoms with Crippen LogP contribution in [-0.2, 0) is 19.2 Å². The van der Waals surface area contributed by atoms with Crippen LogP contribution in [0, 0.1) is 24.7 Å². The predicted molar refractivity (Wildman–Crippen MR) is 119 cm³/mol. The molecule has 6 atom stereocenters. The van der Waals surface area contributed by atoms with Crippen molar-refractivity contribution < 1.29 is 19.2 Å². The summed E-state index contributed by atoms with van der Waals surface area (Å²) < 4.78 is 13.1. The van der Waals surface area contributed by atoms with Gasteiger partial charge >= 0.3 is 0 Å². The Morgan fingerprint density at radius 3 is 2.68 bits per heavy atom. The summed E-state index contributed by atoms with van der Waals surface area (Å²) in [5, 5.41) is 3.02. The fourth-order valence-electron chi connectivity index (χ4n) is 6.07. The Kier molecular flexibility index (Phi) is 4.42. The summed E-state index contributed by atoms with van der Waals surface area (Å²) >= 11 is 1.63. The van der Waals surface area contributed by atoms with Crippen LogP contribution in [0.1, 0.15) is 57.0 Å². The van der Waals surface area contributed by atoms with Gasteiger partial charge in [-0.15, -0.1) is 11.3 Å². The van der Waals surface area contributed by atoms with Gasteiger partial charge < -0.3 is 9.47 Å². The second-order valence-corrected chi connectivity index (χ2v) is 10.7. The van der Waals surface area contributed by atoms with E-state index in [9.17, 15) is 0 Å². The Morgan fingerprint density at radius 2 is 1.87 bits per heavy atom. The van der Waals surface area contributed by atoms with Crippen LogP contribution in [0.3, 0.4) is 0 Å². The Hall–Kier alpha value is -1.73. The van der Waals surface area contributed by atoms with E-state index in [4.69, 9.17) is 24.2 Å². The van der Waals surface area contributed by atoms with Gasteiger partial charge in [0.15, 0.2) is 16.4 Å². The summed E-state index contributed by atoms with van der Waals surface area (Å²) in [5.74, 6) is 1.21. The van der Waals surface area contributed by atoms with Crippen LogP contribution in [0.15, 0.2) is 35.2 Å². The minimum atomic E-state index is -0.760. The average Bonchev–Trinajstić information content (AvgIpc) is 3.13. The molecule has 2 bridgehead atoms. The normalized spacial score (nSPS) is 39.1. The van der Waals surface area contributed by atoms with E-state index in [-0.39, 0.29) is 5.92 Å². The van der Waals surface area contributed by atoms with Crippen molar-refractivity contribution in [3.05, 3.63) is 45.8 Å². The lowest BCUT2D eigenvalue weighted by atomic mass is 9.59. The van der Waals surface area contributed by atoms with Gasteiger partial charge in [-0.2, -0.15) is 0 Å². The minimum absolute atomic E-state index is 0.205. The molecule has 2 aromatic rings. The number of benzene rings is 1. The molecule has 3 saturated heterocycles. The smallest absolute Gasteiger partial charge is 0.236 e. The standard InChI is InChI=1S/C25H29NO4S/c1-14-5-8-17(9-6-14)20-13-31-22(26-20)21-16(3)19-10-7-15(2)18-11-12-24(4)28-23(27-21)25(18,19)30-29-24/h5-6,8-9,13,15,18-19,23H,7,10-12H2,1-4H3/t15-,18+,19+,23-,24-,25-/m1/s1. The van der Waals surface area contributed by atoms with Gasteiger partial charge in [-0.1, -0.05) is 36.8 Å². The maximum Gasteiger partial charge on any atom is 0.236 e. The molecule has 5 aliphatic rings. The summed E-state index contributed by atoms with van der Waals surface area (Å²) in [7, 11) is 0. The molecule has 1 saturated carbocycles. The third-order valence-corrected chi connectivity index (χ3v) is 8.71. The van der Waals surface area contributed by atoms with E-state index in [1.807, 2.05) is 6.92 Å². The second kappa shape index (κ2) is 6.88. The highest BCUT2D eigenvalue weighted by Gasteiger charge is 2.68. The van der Waals surface area contributed by atoms with Gasteiger partial charge in [0.05, 0.1) is 5.69 Å². The van der Waals surface area contributed by atoms with Crippen LogP contribution >= 0.6 is 11.3 Å². The molecule has 0 unspecified atom stereocenters. The summed E-state index contributed by atoms with van der Waals surface area (Å²) in [6.07, 6.45) is 3.61. The summed E-state index contributed by atoms with van der Waals surface area (Å²) in [5.41, 5.74) is 3.98. The van der Waals surface area contributed by atoms with E-state index >= 15 is 0 Å². The lowest BCUT2D eigenvalue weighted by molar-refractivity contribution is -0.553. The fourth-order valence-corrected chi connectivity index (χ4v) is 6.95. The number of aromatic nitrogens is 1. The lowest BCUT2D eigenvalue weighted by Crippen LogP contribution is -2.66. The predicted octanol–water partition coefficient (Wildman–Crippen LogP) is 6.10. The van der Waals surface area contributed by atoms with E-state index in [1.54, 1.807) is 11.3 Å². The molecule has 5 heterocycles. The maximum absolute atomic E-state index is 6.61. The van der Waals surface area contributed by atoms with E-state index < -0.39 is 17.7 Å². The van der Waals surface area contributed by atoms with Gasteiger partial charge in [0, 0.05) is 29.2 Å². The molecule has 1 aromatic heterocycles. The van der Waals surface area contributed by atoms with E-state index in [0.717, 1.165) is 41.3 Å². The van der Waals surface area contributed by atoms with Crippen LogP contribution in [0.25, 0.3) is 17.0 Å². The van der Waals surface area contributed by atoms with Crippen molar-refractivity contribution in [3.8, 4) is 11.3 Å². The number of fused-ring (bicyclic) bond motifs is 2. The van der Waals surface area contributed by atoms with Crippen molar-refractivity contribution in [2.75, 3.05) is 0 Å². The topological polar surface area (TPSA) is 49.8 Å². The molecule has 1 aliphatic carbocycles. The lowest BCUT2D eigenvalue weighted by Gasteiger charge is -2.57. The molecular formula is C25H29NO4S. The molecule has 0 N–H and O–H groups in total. The first kappa shape index (κ1) is 19.9. The SMILES string of the molecule is CC1=C(c2nc(-c3ccc(C)cc3)cs2)O[C@@H]2O[C@@]3(C)CC[C@H]4[C@H](C)CC[C@@H]1[C@@]24OO3. The van der Waals surface area contributed by atoms with Crippen molar-refractivity contribution >= 4 is 17.1 Å². The minimum Gasteiger partial charge on any atom is -0.458 e.